The molecule has 0 atom stereocenters. The number of hydrogen-bond acceptors (Lipinski definition) is 4. The van der Waals surface area contributed by atoms with E-state index in [1.807, 2.05) is 19.1 Å². The van der Waals surface area contributed by atoms with Gasteiger partial charge in [0.05, 0.1) is 0 Å². The lowest BCUT2D eigenvalue weighted by Gasteiger charge is -2.16. The Hall–Kier alpha value is -2.01. The van der Waals surface area contributed by atoms with Crippen molar-refractivity contribution < 1.29 is 4.79 Å². The normalized spacial score (nSPS) is 14.0. The Kier molecular flexibility index (Phi) is 5.63. The molecule has 2 heterocycles. The first-order chi connectivity index (χ1) is 12.1. The van der Waals surface area contributed by atoms with Crippen molar-refractivity contribution >= 4 is 29.4 Å². The standard InChI is InChI=1S/C20H25N3OS/c1-4-6-16-9-14(2)10-17(11-16)22-20(24)18-12-19(21-13-15(18)3)23-7-5-8-25-23/h9-13H,4-8H2,1-3H3,(H,22,24). The number of rotatable bonds is 5. The maximum Gasteiger partial charge on any atom is 0.256 e. The summed E-state index contributed by atoms with van der Waals surface area (Å²) in [5.74, 6) is 1.91. The zero-order chi connectivity index (χ0) is 17.8. The van der Waals surface area contributed by atoms with Crippen LogP contribution >= 0.6 is 11.9 Å². The molecular formula is C20H25N3OS. The Morgan fingerprint density at radius 2 is 2.12 bits per heavy atom. The van der Waals surface area contributed by atoms with Crippen molar-refractivity contribution in [2.24, 2.45) is 0 Å². The van der Waals surface area contributed by atoms with Crippen molar-refractivity contribution in [1.82, 2.24) is 4.98 Å². The number of pyridine rings is 1. The molecule has 1 aliphatic heterocycles. The first-order valence-electron chi connectivity index (χ1n) is 8.86. The number of benzene rings is 1. The van der Waals surface area contributed by atoms with E-state index in [9.17, 15) is 4.79 Å². The van der Waals surface area contributed by atoms with Gasteiger partial charge in [0.1, 0.15) is 5.82 Å². The molecule has 1 N–H and O–H groups in total. The average Bonchev–Trinajstić information content (AvgIpc) is 3.09. The number of nitrogens with one attached hydrogen (secondary N) is 1. The third-order valence-electron chi connectivity index (χ3n) is 4.28. The number of nitrogens with zero attached hydrogens (tertiary/aromatic N) is 2. The zero-order valence-electron chi connectivity index (χ0n) is 15.1. The van der Waals surface area contributed by atoms with Gasteiger partial charge < -0.3 is 9.62 Å². The summed E-state index contributed by atoms with van der Waals surface area (Å²) in [6, 6.07) is 8.18. The van der Waals surface area contributed by atoms with Crippen LogP contribution in [0.1, 0.15) is 46.8 Å². The Morgan fingerprint density at radius 1 is 1.28 bits per heavy atom. The minimum Gasteiger partial charge on any atom is -0.322 e. The minimum atomic E-state index is -0.0709. The lowest BCUT2D eigenvalue weighted by atomic mass is 10.1. The van der Waals surface area contributed by atoms with E-state index in [1.165, 1.54) is 11.1 Å². The Bertz CT molecular complexity index is 770. The van der Waals surface area contributed by atoms with Gasteiger partial charge in [0.2, 0.25) is 0 Å². The van der Waals surface area contributed by atoms with Crippen molar-refractivity contribution in [1.29, 1.82) is 0 Å². The second kappa shape index (κ2) is 7.91. The van der Waals surface area contributed by atoms with E-state index >= 15 is 0 Å². The molecule has 1 aromatic carbocycles. The van der Waals surface area contributed by atoms with Gasteiger partial charge in [-0.2, -0.15) is 0 Å². The quantitative estimate of drug-likeness (QED) is 0.785. The van der Waals surface area contributed by atoms with Crippen molar-refractivity contribution in [3.8, 4) is 0 Å². The fourth-order valence-corrected chi connectivity index (χ4v) is 4.06. The van der Waals surface area contributed by atoms with Crippen molar-refractivity contribution in [2.75, 3.05) is 21.9 Å². The van der Waals surface area contributed by atoms with Crippen LogP contribution in [0.4, 0.5) is 11.5 Å². The van der Waals surface area contributed by atoms with Gasteiger partial charge in [-0.25, -0.2) is 4.98 Å². The minimum absolute atomic E-state index is 0.0709. The summed E-state index contributed by atoms with van der Waals surface area (Å²) < 4.78 is 2.17. The van der Waals surface area contributed by atoms with E-state index in [0.717, 1.165) is 48.6 Å². The zero-order valence-corrected chi connectivity index (χ0v) is 15.9. The van der Waals surface area contributed by atoms with Crippen LogP contribution in [0.15, 0.2) is 30.5 Å². The number of aryl methyl sites for hydroxylation is 3. The maximum absolute atomic E-state index is 12.8. The monoisotopic (exact) mass is 355 g/mol. The molecular weight excluding hydrogens is 330 g/mol. The fraction of sp³-hybridized carbons (Fsp3) is 0.400. The van der Waals surface area contributed by atoms with Crippen molar-refractivity contribution in [3.05, 3.63) is 52.7 Å². The Morgan fingerprint density at radius 3 is 2.84 bits per heavy atom. The molecule has 0 saturated carbocycles. The molecule has 1 aliphatic rings. The molecule has 1 saturated heterocycles. The van der Waals surface area contributed by atoms with Gasteiger partial charge in [-0.3, -0.25) is 4.79 Å². The molecule has 0 bridgehead atoms. The summed E-state index contributed by atoms with van der Waals surface area (Å²) in [6.07, 6.45) is 5.07. The van der Waals surface area contributed by atoms with E-state index in [4.69, 9.17) is 0 Å². The van der Waals surface area contributed by atoms with Crippen LogP contribution in [0.2, 0.25) is 0 Å². The molecule has 1 aromatic heterocycles. The fourth-order valence-electron chi connectivity index (χ4n) is 3.09. The summed E-state index contributed by atoms with van der Waals surface area (Å²) in [7, 11) is 0. The molecule has 0 spiro atoms. The van der Waals surface area contributed by atoms with Crippen LogP contribution in [0.25, 0.3) is 0 Å². The van der Waals surface area contributed by atoms with E-state index in [-0.39, 0.29) is 5.91 Å². The summed E-state index contributed by atoms with van der Waals surface area (Å²) >= 11 is 1.77. The van der Waals surface area contributed by atoms with Gasteiger partial charge in [-0.15, -0.1) is 0 Å². The SMILES string of the molecule is CCCc1cc(C)cc(NC(=O)c2cc(N3CCCS3)ncc2C)c1. The van der Waals surface area contributed by atoms with Gasteiger partial charge in [0.25, 0.3) is 5.91 Å². The van der Waals surface area contributed by atoms with Crippen LogP contribution in [0.5, 0.6) is 0 Å². The smallest absolute Gasteiger partial charge is 0.256 e. The first kappa shape index (κ1) is 17.8. The van der Waals surface area contributed by atoms with Crippen LogP contribution in [0, 0.1) is 13.8 Å². The molecule has 1 fully saturated rings. The van der Waals surface area contributed by atoms with E-state index in [2.05, 4.69) is 40.6 Å². The number of carbonyl (C=O) groups is 1. The summed E-state index contributed by atoms with van der Waals surface area (Å²) in [6.45, 7) is 7.15. The Balaban J connectivity index is 1.82. The molecule has 0 radical (unpaired) electrons. The molecule has 3 rings (SSSR count). The molecule has 4 nitrogen and oxygen atoms in total. The highest BCUT2D eigenvalue weighted by Gasteiger charge is 2.18. The highest BCUT2D eigenvalue weighted by molar-refractivity contribution is 8.00. The second-order valence-electron chi connectivity index (χ2n) is 6.56. The lowest BCUT2D eigenvalue weighted by Crippen LogP contribution is -2.17. The predicted molar refractivity (Wildman–Crippen MR) is 107 cm³/mol. The number of anilines is 2. The lowest BCUT2D eigenvalue weighted by molar-refractivity contribution is 0.102. The summed E-state index contributed by atoms with van der Waals surface area (Å²) in [5.41, 5.74) is 4.88. The first-order valence-corrected chi connectivity index (χ1v) is 9.80. The van der Waals surface area contributed by atoms with Crippen LogP contribution in [-0.4, -0.2) is 23.2 Å². The molecule has 25 heavy (non-hydrogen) atoms. The summed E-state index contributed by atoms with van der Waals surface area (Å²) in [5, 5.41) is 3.06. The second-order valence-corrected chi connectivity index (χ2v) is 7.66. The maximum atomic E-state index is 12.8. The molecule has 1 amide bonds. The molecule has 0 unspecified atom stereocenters. The molecule has 2 aromatic rings. The average molecular weight is 356 g/mol. The van der Waals surface area contributed by atoms with E-state index in [0.29, 0.717) is 5.56 Å². The number of aromatic nitrogens is 1. The third kappa shape index (κ3) is 4.34. The molecule has 132 valence electrons. The molecule has 5 heteroatoms. The van der Waals surface area contributed by atoms with Gasteiger partial charge in [0, 0.05) is 29.7 Å². The van der Waals surface area contributed by atoms with Crippen LogP contribution < -0.4 is 9.62 Å². The van der Waals surface area contributed by atoms with Gasteiger partial charge in [-0.05, 0) is 73.5 Å². The number of amides is 1. The van der Waals surface area contributed by atoms with Crippen molar-refractivity contribution in [3.63, 3.8) is 0 Å². The van der Waals surface area contributed by atoms with Crippen molar-refractivity contribution in [2.45, 2.75) is 40.0 Å². The van der Waals surface area contributed by atoms with E-state index < -0.39 is 0 Å². The van der Waals surface area contributed by atoms with Gasteiger partial charge in [-0.1, -0.05) is 19.4 Å². The number of carbonyl (C=O) groups excluding carboxylic acids is 1. The van der Waals surface area contributed by atoms with Gasteiger partial charge in [0.15, 0.2) is 0 Å². The van der Waals surface area contributed by atoms with Crippen LogP contribution in [-0.2, 0) is 6.42 Å². The summed E-state index contributed by atoms with van der Waals surface area (Å²) in [4.78, 5) is 17.3. The number of hydrogen-bond donors (Lipinski definition) is 1. The van der Waals surface area contributed by atoms with Crippen LogP contribution in [0.3, 0.4) is 0 Å². The topological polar surface area (TPSA) is 45.2 Å². The molecule has 0 aliphatic carbocycles. The van der Waals surface area contributed by atoms with Gasteiger partial charge >= 0.3 is 0 Å². The predicted octanol–water partition coefficient (Wildman–Crippen LogP) is 4.76. The third-order valence-corrected chi connectivity index (χ3v) is 5.43. The Labute approximate surface area is 154 Å². The highest BCUT2D eigenvalue weighted by Crippen LogP contribution is 2.28. The highest BCUT2D eigenvalue weighted by atomic mass is 32.2. The largest absolute Gasteiger partial charge is 0.322 e. The van der Waals surface area contributed by atoms with E-state index in [1.54, 1.807) is 18.1 Å².